The summed E-state index contributed by atoms with van der Waals surface area (Å²) in [5.74, 6) is 0.0900. The minimum atomic E-state index is -0.414. The molecule has 0 spiro atoms. The van der Waals surface area contributed by atoms with Gasteiger partial charge in [-0.3, -0.25) is 9.59 Å². The van der Waals surface area contributed by atoms with Gasteiger partial charge in [0, 0.05) is 19.7 Å². The molecular formula is C13H17ClN2O4. The lowest BCUT2D eigenvalue weighted by Crippen LogP contribution is -2.36. The van der Waals surface area contributed by atoms with Crippen LogP contribution in [0.1, 0.15) is 10.4 Å². The van der Waals surface area contributed by atoms with Crippen molar-refractivity contribution in [3.8, 4) is 11.5 Å². The number of halogens is 1. The Morgan fingerprint density at radius 1 is 1.25 bits per heavy atom. The molecule has 2 amide bonds. The molecule has 0 atom stereocenters. The van der Waals surface area contributed by atoms with Crippen molar-refractivity contribution in [1.29, 1.82) is 0 Å². The van der Waals surface area contributed by atoms with Crippen LogP contribution in [0, 0.1) is 0 Å². The minimum Gasteiger partial charge on any atom is -0.493 e. The molecule has 1 N–H and O–H groups in total. The molecule has 0 aliphatic carbocycles. The summed E-state index contributed by atoms with van der Waals surface area (Å²) in [6, 6.07) is 2.96. The highest BCUT2D eigenvalue weighted by molar-refractivity contribution is 6.32. The van der Waals surface area contributed by atoms with Crippen molar-refractivity contribution in [2.45, 2.75) is 0 Å². The van der Waals surface area contributed by atoms with E-state index in [1.54, 1.807) is 14.1 Å². The standard InChI is InChI=1S/C13H17ClN2O4/c1-16(2)11(17)7-15-13(18)8-5-9(14)12(20-4)10(6-8)19-3/h5-6H,7H2,1-4H3,(H,15,18). The molecule has 0 aromatic heterocycles. The highest BCUT2D eigenvalue weighted by atomic mass is 35.5. The van der Waals surface area contributed by atoms with Gasteiger partial charge >= 0.3 is 0 Å². The first kappa shape index (κ1) is 16.1. The number of hydrogen-bond donors (Lipinski definition) is 1. The van der Waals surface area contributed by atoms with Crippen LogP contribution in [-0.2, 0) is 4.79 Å². The molecule has 110 valence electrons. The Labute approximate surface area is 122 Å². The molecule has 6 nitrogen and oxygen atoms in total. The molecule has 7 heteroatoms. The van der Waals surface area contributed by atoms with E-state index < -0.39 is 5.91 Å². The second-order valence-corrected chi connectivity index (χ2v) is 4.57. The quantitative estimate of drug-likeness (QED) is 0.886. The third-order valence-corrected chi connectivity index (χ3v) is 2.88. The van der Waals surface area contributed by atoms with Crippen LogP contribution in [0.5, 0.6) is 11.5 Å². The molecule has 1 aromatic rings. The minimum absolute atomic E-state index is 0.0855. The molecule has 1 rings (SSSR count). The average molecular weight is 301 g/mol. The van der Waals surface area contributed by atoms with Gasteiger partial charge in [0.25, 0.3) is 5.91 Å². The topological polar surface area (TPSA) is 67.9 Å². The van der Waals surface area contributed by atoms with Crippen LogP contribution in [0.4, 0.5) is 0 Å². The van der Waals surface area contributed by atoms with Crippen LogP contribution in [0.2, 0.25) is 5.02 Å². The number of nitrogens with zero attached hydrogens (tertiary/aromatic N) is 1. The first-order valence-corrected chi connectivity index (χ1v) is 6.18. The summed E-state index contributed by atoms with van der Waals surface area (Å²) < 4.78 is 10.2. The number of likely N-dealkylation sites (N-methyl/N-ethyl adjacent to an activating group) is 1. The molecular weight excluding hydrogens is 284 g/mol. The van der Waals surface area contributed by atoms with Gasteiger partial charge in [0.2, 0.25) is 5.91 Å². The molecule has 0 heterocycles. The zero-order chi connectivity index (χ0) is 15.3. The molecule has 0 bridgehead atoms. The number of carbonyl (C=O) groups excluding carboxylic acids is 2. The summed E-state index contributed by atoms with van der Waals surface area (Å²) in [7, 11) is 6.13. The molecule has 0 aliphatic heterocycles. The molecule has 1 aromatic carbocycles. The van der Waals surface area contributed by atoms with Crippen molar-refractivity contribution in [1.82, 2.24) is 10.2 Å². The third kappa shape index (κ3) is 3.77. The highest BCUT2D eigenvalue weighted by Crippen LogP contribution is 2.35. The van der Waals surface area contributed by atoms with Gasteiger partial charge in [0.05, 0.1) is 25.8 Å². The fraction of sp³-hybridized carbons (Fsp3) is 0.385. The van der Waals surface area contributed by atoms with Crippen LogP contribution < -0.4 is 14.8 Å². The largest absolute Gasteiger partial charge is 0.493 e. The fourth-order valence-corrected chi connectivity index (χ4v) is 1.75. The molecule has 0 unspecified atom stereocenters. The third-order valence-electron chi connectivity index (χ3n) is 2.59. The van der Waals surface area contributed by atoms with Gasteiger partial charge in [0.15, 0.2) is 11.5 Å². The summed E-state index contributed by atoms with van der Waals surface area (Å²) >= 11 is 6.01. The van der Waals surface area contributed by atoms with E-state index in [0.717, 1.165) is 0 Å². The Morgan fingerprint density at radius 3 is 2.40 bits per heavy atom. The number of nitrogens with one attached hydrogen (secondary N) is 1. The van der Waals surface area contributed by atoms with E-state index in [2.05, 4.69) is 5.32 Å². The van der Waals surface area contributed by atoms with E-state index in [4.69, 9.17) is 21.1 Å². The summed E-state index contributed by atoms with van der Waals surface area (Å²) in [5, 5.41) is 2.77. The van der Waals surface area contributed by atoms with Gasteiger partial charge in [-0.15, -0.1) is 0 Å². The van der Waals surface area contributed by atoms with Crippen molar-refractivity contribution in [3.05, 3.63) is 22.7 Å². The number of ether oxygens (including phenoxy) is 2. The smallest absolute Gasteiger partial charge is 0.251 e. The van der Waals surface area contributed by atoms with Crippen molar-refractivity contribution >= 4 is 23.4 Å². The predicted octanol–water partition coefficient (Wildman–Crippen LogP) is 1.18. The van der Waals surface area contributed by atoms with E-state index in [1.807, 2.05) is 0 Å². The average Bonchev–Trinajstić information content (AvgIpc) is 2.42. The van der Waals surface area contributed by atoms with Gasteiger partial charge in [-0.1, -0.05) is 11.6 Å². The van der Waals surface area contributed by atoms with E-state index in [-0.39, 0.29) is 17.5 Å². The second kappa shape index (κ2) is 7.00. The Hall–Kier alpha value is -1.95. The van der Waals surface area contributed by atoms with Gasteiger partial charge in [-0.05, 0) is 12.1 Å². The number of hydrogen-bond acceptors (Lipinski definition) is 4. The van der Waals surface area contributed by atoms with Crippen LogP contribution in [-0.4, -0.2) is 51.6 Å². The lowest BCUT2D eigenvalue weighted by atomic mass is 10.2. The van der Waals surface area contributed by atoms with Crippen LogP contribution >= 0.6 is 11.6 Å². The maximum atomic E-state index is 12.0. The molecule has 0 aliphatic rings. The van der Waals surface area contributed by atoms with Crippen LogP contribution in [0.3, 0.4) is 0 Å². The maximum absolute atomic E-state index is 12.0. The molecule has 0 saturated carbocycles. The van der Waals surface area contributed by atoms with Crippen molar-refractivity contribution in [2.75, 3.05) is 34.9 Å². The van der Waals surface area contributed by atoms with Gasteiger partial charge < -0.3 is 19.7 Å². The Balaban J connectivity index is 2.89. The number of carbonyl (C=O) groups is 2. The molecule has 20 heavy (non-hydrogen) atoms. The lowest BCUT2D eigenvalue weighted by molar-refractivity contribution is -0.127. The normalized spacial score (nSPS) is 9.85. The Kier molecular flexibility index (Phi) is 5.64. The zero-order valence-electron chi connectivity index (χ0n) is 11.8. The van der Waals surface area contributed by atoms with E-state index >= 15 is 0 Å². The zero-order valence-corrected chi connectivity index (χ0v) is 12.6. The lowest BCUT2D eigenvalue weighted by Gasteiger charge is -2.13. The maximum Gasteiger partial charge on any atom is 0.251 e. The summed E-state index contributed by atoms with van der Waals surface area (Å²) in [6.07, 6.45) is 0. The predicted molar refractivity (Wildman–Crippen MR) is 75.6 cm³/mol. The summed E-state index contributed by atoms with van der Waals surface area (Å²) in [4.78, 5) is 24.8. The second-order valence-electron chi connectivity index (χ2n) is 4.16. The van der Waals surface area contributed by atoms with Gasteiger partial charge in [0.1, 0.15) is 0 Å². The Bertz CT molecular complexity index is 517. The molecule has 0 saturated heterocycles. The number of methoxy groups -OCH3 is 2. The summed E-state index contributed by atoms with van der Waals surface area (Å²) in [6.45, 7) is -0.0855. The van der Waals surface area contributed by atoms with Gasteiger partial charge in [-0.2, -0.15) is 0 Å². The summed E-state index contributed by atoms with van der Waals surface area (Å²) in [5.41, 5.74) is 0.291. The Morgan fingerprint density at radius 2 is 1.90 bits per heavy atom. The van der Waals surface area contributed by atoms with Crippen LogP contribution in [0.15, 0.2) is 12.1 Å². The van der Waals surface area contributed by atoms with Crippen molar-refractivity contribution in [3.63, 3.8) is 0 Å². The molecule has 0 fully saturated rings. The number of benzene rings is 1. The van der Waals surface area contributed by atoms with E-state index in [9.17, 15) is 9.59 Å². The molecule has 0 radical (unpaired) electrons. The van der Waals surface area contributed by atoms with Crippen molar-refractivity contribution < 1.29 is 19.1 Å². The number of rotatable bonds is 5. The first-order chi connectivity index (χ1) is 9.40. The van der Waals surface area contributed by atoms with Crippen molar-refractivity contribution in [2.24, 2.45) is 0 Å². The fourth-order valence-electron chi connectivity index (χ4n) is 1.47. The number of amides is 2. The van der Waals surface area contributed by atoms with E-state index in [1.165, 1.54) is 31.3 Å². The first-order valence-electron chi connectivity index (χ1n) is 5.80. The highest BCUT2D eigenvalue weighted by Gasteiger charge is 2.16. The SMILES string of the molecule is COc1cc(C(=O)NCC(=O)N(C)C)cc(Cl)c1OC. The monoisotopic (exact) mass is 300 g/mol. The van der Waals surface area contributed by atoms with Crippen LogP contribution in [0.25, 0.3) is 0 Å². The van der Waals surface area contributed by atoms with Gasteiger partial charge in [-0.25, -0.2) is 0 Å². The van der Waals surface area contributed by atoms with E-state index in [0.29, 0.717) is 17.1 Å².